The van der Waals surface area contributed by atoms with Crippen molar-refractivity contribution in [3.63, 3.8) is 0 Å². The van der Waals surface area contributed by atoms with Crippen molar-refractivity contribution in [2.75, 3.05) is 26.3 Å². The standard InChI is InChI=1S/C11H20N2O2/c1-8-5-10(6-13-9(8)2)15-7-11-12-3-4-14-11/h5,8-9,11-13H,3-4,6-7H2,1-2H3. The van der Waals surface area contributed by atoms with Gasteiger partial charge >= 0.3 is 0 Å². The van der Waals surface area contributed by atoms with Gasteiger partial charge in [-0.2, -0.15) is 0 Å². The summed E-state index contributed by atoms with van der Waals surface area (Å²) in [5.74, 6) is 1.57. The zero-order valence-electron chi connectivity index (χ0n) is 9.45. The predicted octanol–water partition coefficient (Wildman–Crippen LogP) is 0.461. The number of hydrogen-bond acceptors (Lipinski definition) is 4. The lowest BCUT2D eigenvalue weighted by molar-refractivity contribution is 0.0306. The average Bonchev–Trinajstić information content (AvgIpc) is 2.73. The minimum absolute atomic E-state index is 0.0700. The minimum Gasteiger partial charge on any atom is -0.493 e. The van der Waals surface area contributed by atoms with Gasteiger partial charge in [0.05, 0.1) is 13.2 Å². The fourth-order valence-electron chi connectivity index (χ4n) is 1.81. The van der Waals surface area contributed by atoms with Crippen LogP contribution < -0.4 is 10.6 Å². The van der Waals surface area contributed by atoms with Crippen LogP contribution in [0.1, 0.15) is 13.8 Å². The molecule has 3 atom stereocenters. The van der Waals surface area contributed by atoms with E-state index in [4.69, 9.17) is 9.47 Å². The highest BCUT2D eigenvalue weighted by Crippen LogP contribution is 2.14. The number of hydrogen-bond donors (Lipinski definition) is 2. The van der Waals surface area contributed by atoms with E-state index >= 15 is 0 Å². The molecule has 3 unspecified atom stereocenters. The Morgan fingerprint density at radius 2 is 2.33 bits per heavy atom. The van der Waals surface area contributed by atoms with Gasteiger partial charge in [0.2, 0.25) is 0 Å². The molecule has 1 saturated heterocycles. The Balaban J connectivity index is 1.76. The second-order valence-corrected chi connectivity index (χ2v) is 4.29. The van der Waals surface area contributed by atoms with Crippen LogP contribution in [-0.4, -0.2) is 38.6 Å². The zero-order chi connectivity index (χ0) is 10.7. The van der Waals surface area contributed by atoms with Crippen molar-refractivity contribution in [1.82, 2.24) is 10.6 Å². The Kier molecular flexibility index (Phi) is 3.61. The molecule has 2 N–H and O–H groups in total. The van der Waals surface area contributed by atoms with Crippen molar-refractivity contribution < 1.29 is 9.47 Å². The van der Waals surface area contributed by atoms with Gasteiger partial charge in [0, 0.05) is 12.6 Å². The molecule has 0 spiro atoms. The lowest BCUT2D eigenvalue weighted by atomic mass is 10.00. The molecule has 86 valence electrons. The van der Waals surface area contributed by atoms with E-state index in [9.17, 15) is 0 Å². The smallest absolute Gasteiger partial charge is 0.142 e. The molecule has 2 aliphatic heterocycles. The maximum absolute atomic E-state index is 5.70. The Labute approximate surface area is 91.0 Å². The molecular weight excluding hydrogens is 192 g/mol. The molecule has 0 aliphatic carbocycles. The highest BCUT2D eigenvalue weighted by molar-refractivity contribution is 5.05. The second-order valence-electron chi connectivity index (χ2n) is 4.29. The molecule has 2 heterocycles. The fraction of sp³-hybridized carbons (Fsp3) is 0.818. The third-order valence-electron chi connectivity index (χ3n) is 3.05. The van der Waals surface area contributed by atoms with E-state index in [1.54, 1.807) is 0 Å². The first-order valence-corrected chi connectivity index (χ1v) is 5.67. The van der Waals surface area contributed by atoms with Gasteiger partial charge in [0.25, 0.3) is 0 Å². The van der Waals surface area contributed by atoms with Crippen molar-refractivity contribution in [2.45, 2.75) is 26.1 Å². The Morgan fingerprint density at radius 1 is 1.47 bits per heavy atom. The second kappa shape index (κ2) is 4.96. The van der Waals surface area contributed by atoms with Gasteiger partial charge in [-0.3, -0.25) is 5.32 Å². The summed E-state index contributed by atoms with van der Waals surface area (Å²) >= 11 is 0. The van der Waals surface area contributed by atoms with E-state index in [0.717, 1.165) is 25.5 Å². The molecule has 2 rings (SSSR count). The Hall–Kier alpha value is -0.580. The normalized spacial score (nSPS) is 36.4. The molecule has 1 fully saturated rings. The quantitative estimate of drug-likeness (QED) is 0.713. The van der Waals surface area contributed by atoms with Gasteiger partial charge in [-0.05, 0) is 18.9 Å². The summed E-state index contributed by atoms with van der Waals surface area (Å²) in [6.07, 6.45) is 2.27. The van der Waals surface area contributed by atoms with E-state index < -0.39 is 0 Å². The molecular formula is C11H20N2O2. The molecule has 0 bridgehead atoms. The molecule has 15 heavy (non-hydrogen) atoms. The molecule has 0 aromatic heterocycles. The maximum atomic E-state index is 5.70. The molecule has 2 aliphatic rings. The first-order chi connectivity index (χ1) is 7.25. The van der Waals surface area contributed by atoms with E-state index in [-0.39, 0.29) is 6.23 Å². The zero-order valence-corrected chi connectivity index (χ0v) is 9.45. The molecule has 0 saturated carbocycles. The molecule has 0 radical (unpaired) electrons. The van der Waals surface area contributed by atoms with Gasteiger partial charge in [0.1, 0.15) is 18.6 Å². The summed E-state index contributed by atoms with van der Waals surface area (Å²) in [4.78, 5) is 0. The lowest BCUT2D eigenvalue weighted by Gasteiger charge is -2.26. The van der Waals surface area contributed by atoms with Crippen LogP contribution in [0.5, 0.6) is 0 Å². The fourth-order valence-corrected chi connectivity index (χ4v) is 1.81. The molecule has 0 amide bonds. The van der Waals surface area contributed by atoms with Crippen LogP contribution in [-0.2, 0) is 9.47 Å². The molecule has 0 aromatic carbocycles. The average molecular weight is 212 g/mol. The number of ether oxygens (including phenoxy) is 2. The van der Waals surface area contributed by atoms with Gasteiger partial charge in [-0.1, -0.05) is 6.92 Å². The van der Waals surface area contributed by atoms with E-state index in [0.29, 0.717) is 18.6 Å². The third kappa shape index (κ3) is 2.93. The van der Waals surface area contributed by atoms with Crippen molar-refractivity contribution in [1.29, 1.82) is 0 Å². The molecule has 4 nitrogen and oxygen atoms in total. The van der Waals surface area contributed by atoms with E-state index in [1.165, 1.54) is 0 Å². The monoisotopic (exact) mass is 212 g/mol. The summed E-state index contributed by atoms with van der Waals surface area (Å²) in [7, 11) is 0. The lowest BCUT2D eigenvalue weighted by Crippen LogP contribution is -2.38. The summed E-state index contributed by atoms with van der Waals surface area (Å²) in [6, 6.07) is 0.540. The summed E-state index contributed by atoms with van der Waals surface area (Å²) in [5, 5.41) is 6.62. The highest BCUT2D eigenvalue weighted by atomic mass is 16.5. The Morgan fingerprint density at radius 3 is 3.00 bits per heavy atom. The van der Waals surface area contributed by atoms with Crippen molar-refractivity contribution in [3.8, 4) is 0 Å². The van der Waals surface area contributed by atoms with Crippen molar-refractivity contribution >= 4 is 0 Å². The predicted molar refractivity (Wildman–Crippen MR) is 58.4 cm³/mol. The van der Waals surface area contributed by atoms with Crippen LogP contribution in [0.2, 0.25) is 0 Å². The van der Waals surface area contributed by atoms with E-state index in [2.05, 4.69) is 30.6 Å². The largest absolute Gasteiger partial charge is 0.493 e. The molecule has 0 aromatic rings. The number of nitrogens with one attached hydrogen (secondary N) is 2. The van der Waals surface area contributed by atoms with Gasteiger partial charge < -0.3 is 14.8 Å². The SMILES string of the molecule is CC1C=C(OCC2NCCO2)CNC1C. The Bertz CT molecular complexity index is 237. The third-order valence-corrected chi connectivity index (χ3v) is 3.05. The van der Waals surface area contributed by atoms with E-state index in [1.807, 2.05) is 0 Å². The van der Waals surface area contributed by atoms with Crippen LogP contribution in [0.25, 0.3) is 0 Å². The molecule has 4 heteroatoms. The van der Waals surface area contributed by atoms with Gasteiger partial charge in [-0.25, -0.2) is 0 Å². The van der Waals surface area contributed by atoms with Crippen LogP contribution in [0.15, 0.2) is 11.8 Å². The highest BCUT2D eigenvalue weighted by Gasteiger charge is 2.19. The van der Waals surface area contributed by atoms with Gasteiger partial charge in [0.15, 0.2) is 0 Å². The van der Waals surface area contributed by atoms with Crippen molar-refractivity contribution in [2.24, 2.45) is 5.92 Å². The van der Waals surface area contributed by atoms with Crippen molar-refractivity contribution in [3.05, 3.63) is 11.8 Å². The van der Waals surface area contributed by atoms with Crippen LogP contribution in [0, 0.1) is 5.92 Å². The summed E-state index contributed by atoms with van der Waals surface area (Å²) < 4.78 is 11.1. The van der Waals surface area contributed by atoms with Crippen LogP contribution in [0.3, 0.4) is 0 Å². The summed E-state index contributed by atoms with van der Waals surface area (Å²) in [5.41, 5.74) is 0. The first-order valence-electron chi connectivity index (χ1n) is 5.67. The minimum atomic E-state index is 0.0700. The topological polar surface area (TPSA) is 42.5 Å². The number of rotatable bonds is 3. The maximum Gasteiger partial charge on any atom is 0.142 e. The van der Waals surface area contributed by atoms with Crippen LogP contribution >= 0.6 is 0 Å². The van der Waals surface area contributed by atoms with Crippen LogP contribution in [0.4, 0.5) is 0 Å². The summed E-state index contributed by atoms with van der Waals surface area (Å²) in [6.45, 7) is 7.55. The first kappa shape index (κ1) is 10.9. The van der Waals surface area contributed by atoms with Gasteiger partial charge in [-0.15, -0.1) is 0 Å².